The van der Waals surface area contributed by atoms with E-state index in [1.54, 1.807) is 12.0 Å². The van der Waals surface area contributed by atoms with Crippen molar-refractivity contribution in [3.05, 3.63) is 48.6 Å². The van der Waals surface area contributed by atoms with E-state index in [1.807, 2.05) is 0 Å². The molecule has 0 unspecified atom stereocenters. The molecule has 0 amide bonds. The molecular formula is C36H65BrOS. The first-order valence-corrected chi connectivity index (χ1v) is 18.8. The summed E-state index contributed by atoms with van der Waals surface area (Å²) in [5.41, 5.74) is 0. The highest BCUT2D eigenvalue weighted by atomic mass is 79.9. The van der Waals surface area contributed by atoms with Crippen LogP contribution in [-0.4, -0.2) is 17.7 Å². The third-order valence-electron chi connectivity index (χ3n) is 6.97. The van der Waals surface area contributed by atoms with E-state index in [9.17, 15) is 0 Å². The Labute approximate surface area is 258 Å². The Morgan fingerprint density at radius 2 is 0.872 bits per heavy atom. The predicted molar refractivity (Wildman–Crippen MR) is 185 cm³/mol. The van der Waals surface area contributed by atoms with Gasteiger partial charge in [0.15, 0.2) is 0 Å². The molecule has 39 heavy (non-hydrogen) atoms. The molecule has 0 aromatic heterocycles. The number of allylic oxidation sites excluding steroid dienone is 8. The van der Waals surface area contributed by atoms with Crippen LogP contribution in [0.1, 0.15) is 161 Å². The van der Waals surface area contributed by atoms with E-state index in [0.29, 0.717) is 0 Å². The van der Waals surface area contributed by atoms with Crippen molar-refractivity contribution in [1.29, 1.82) is 0 Å². The van der Waals surface area contributed by atoms with Crippen molar-refractivity contribution in [2.45, 2.75) is 161 Å². The number of hydrogen-bond donors (Lipinski definition) is 0. The lowest BCUT2D eigenvalue weighted by atomic mass is 10.1. The molecule has 1 nitrogen and oxygen atoms in total. The SMILES string of the molecule is CCCCC/C=C\C/C=C\CCCCCCCCOSCCCCC/C=C\C/C=C\CCCCCCCCBr. The van der Waals surface area contributed by atoms with Gasteiger partial charge < -0.3 is 4.18 Å². The number of hydrogen-bond acceptors (Lipinski definition) is 2. The molecule has 228 valence electrons. The van der Waals surface area contributed by atoms with Gasteiger partial charge in [-0.15, -0.1) is 0 Å². The second-order valence-corrected chi connectivity index (χ2v) is 12.5. The molecule has 0 saturated carbocycles. The van der Waals surface area contributed by atoms with Crippen molar-refractivity contribution in [2.75, 3.05) is 17.7 Å². The smallest absolute Gasteiger partial charge is 0.0613 e. The first kappa shape index (κ1) is 38.8. The molecule has 0 aliphatic heterocycles. The number of unbranched alkanes of at least 4 members (excludes halogenated alkanes) is 18. The molecule has 0 bridgehead atoms. The van der Waals surface area contributed by atoms with Gasteiger partial charge in [-0.25, -0.2) is 0 Å². The van der Waals surface area contributed by atoms with E-state index in [2.05, 4.69) is 71.5 Å². The van der Waals surface area contributed by atoms with Gasteiger partial charge in [0, 0.05) is 11.1 Å². The van der Waals surface area contributed by atoms with Crippen molar-refractivity contribution in [1.82, 2.24) is 0 Å². The van der Waals surface area contributed by atoms with Crippen LogP contribution in [-0.2, 0) is 4.18 Å². The highest BCUT2D eigenvalue weighted by Crippen LogP contribution is 2.13. The van der Waals surface area contributed by atoms with Gasteiger partial charge in [-0.1, -0.05) is 142 Å². The fraction of sp³-hybridized carbons (Fsp3) is 0.778. The third kappa shape index (κ3) is 37.8. The van der Waals surface area contributed by atoms with Crippen molar-refractivity contribution in [3.63, 3.8) is 0 Å². The normalized spacial score (nSPS) is 12.4. The molecule has 0 aromatic carbocycles. The van der Waals surface area contributed by atoms with Gasteiger partial charge in [-0.2, -0.15) is 0 Å². The fourth-order valence-corrected chi connectivity index (χ4v) is 5.51. The maximum Gasteiger partial charge on any atom is 0.0613 e. The van der Waals surface area contributed by atoms with Gasteiger partial charge in [0.1, 0.15) is 0 Å². The van der Waals surface area contributed by atoms with E-state index >= 15 is 0 Å². The summed E-state index contributed by atoms with van der Waals surface area (Å²) in [5.74, 6) is 1.14. The lowest BCUT2D eigenvalue weighted by molar-refractivity contribution is 0.354. The molecule has 0 rings (SSSR count). The molecule has 0 radical (unpaired) electrons. The maximum atomic E-state index is 5.76. The minimum absolute atomic E-state index is 0.924. The van der Waals surface area contributed by atoms with Crippen molar-refractivity contribution in [2.24, 2.45) is 0 Å². The van der Waals surface area contributed by atoms with Gasteiger partial charge in [0.2, 0.25) is 0 Å². The standard InChI is InChI=1S/C36H65BrOS/c1-2-3-4-5-6-7-8-9-10-14-17-20-23-26-29-32-35-38-39-36-33-30-27-24-21-18-15-12-11-13-16-19-22-25-28-31-34-37/h6-7,9-12,18,21H,2-5,8,13-17,19-20,22-36H2,1H3/b7-6-,10-9-,12-11-,21-18-. The summed E-state index contributed by atoms with van der Waals surface area (Å²) < 4.78 is 5.76. The number of halogens is 1. The predicted octanol–water partition coefficient (Wildman–Crippen LogP) is 13.7. The van der Waals surface area contributed by atoms with Gasteiger partial charge in [0.25, 0.3) is 0 Å². The Morgan fingerprint density at radius 3 is 1.36 bits per heavy atom. The Kier molecular flexibility index (Phi) is 37.5. The van der Waals surface area contributed by atoms with Crippen LogP contribution in [0.5, 0.6) is 0 Å². The summed E-state index contributed by atoms with van der Waals surface area (Å²) in [6, 6.07) is 0. The molecule has 3 heteroatoms. The zero-order chi connectivity index (χ0) is 28.2. The van der Waals surface area contributed by atoms with E-state index in [1.165, 1.54) is 141 Å². The first-order valence-electron chi connectivity index (χ1n) is 16.8. The van der Waals surface area contributed by atoms with Crippen LogP contribution in [0.3, 0.4) is 0 Å². The number of alkyl halides is 1. The van der Waals surface area contributed by atoms with Gasteiger partial charge in [0.05, 0.1) is 6.61 Å². The van der Waals surface area contributed by atoms with Crippen LogP contribution in [0.2, 0.25) is 0 Å². The molecule has 0 aromatic rings. The molecule has 0 N–H and O–H groups in total. The largest absolute Gasteiger partial charge is 0.315 e. The quantitative estimate of drug-likeness (QED) is 0.0318. The lowest BCUT2D eigenvalue weighted by Gasteiger charge is -2.03. The zero-order valence-corrected chi connectivity index (χ0v) is 28.3. The highest BCUT2D eigenvalue weighted by Gasteiger charge is 1.94. The monoisotopic (exact) mass is 624 g/mol. The second-order valence-electron chi connectivity index (χ2n) is 10.9. The summed E-state index contributed by atoms with van der Waals surface area (Å²) in [6.45, 7) is 3.19. The van der Waals surface area contributed by atoms with Crippen LogP contribution >= 0.6 is 28.0 Å². The van der Waals surface area contributed by atoms with E-state index in [-0.39, 0.29) is 0 Å². The van der Waals surface area contributed by atoms with Crippen LogP contribution in [0, 0.1) is 0 Å². The Bertz CT molecular complexity index is 554. The van der Waals surface area contributed by atoms with Gasteiger partial charge >= 0.3 is 0 Å². The minimum Gasteiger partial charge on any atom is -0.315 e. The van der Waals surface area contributed by atoms with Gasteiger partial charge in [-0.05, 0) is 95.5 Å². The molecule has 0 heterocycles. The zero-order valence-electron chi connectivity index (χ0n) is 25.9. The molecular weight excluding hydrogens is 560 g/mol. The molecule has 0 saturated heterocycles. The van der Waals surface area contributed by atoms with Gasteiger partial charge in [-0.3, -0.25) is 0 Å². The van der Waals surface area contributed by atoms with Crippen molar-refractivity contribution < 1.29 is 4.18 Å². The minimum atomic E-state index is 0.924. The van der Waals surface area contributed by atoms with Crippen LogP contribution in [0.25, 0.3) is 0 Å². The highest BCUT2D eigenvalue weighted by molar-refractivity contribution is 9.09. The van der Waals surface area contributed by atoms with Crippen LogP contribution in [0.4, 0.5) is 0 Å². The number of rotatable bonds is 32. The van der Waals surface area contributed by atoms with Crippen molar-refractivity contribution >= 4 is 28.0 Å². The Morgan fingerprint density at radius 1 is 0.462 bits per heavy atom. The summed E-state index contributed by atoms with van der Waals surface area (Å²) in [4.78, 5) is 0. The molecule has 0 aliphatic carbocycles. The summed E-state index contributed by atoms with van der Waals surface area (Å²) in [6.07, 6.45) is 50.1. The Hall–Kier alpha value is -0.250. The van der Waals surface area contributed by atoms with Crippen LogP contribution < -0.4 is 0 Å². The maximum absolute atomic E-state index is 5.76. The van der Waals surface area contributed by atoms with E-state index < -0.39 is 0 Å². The average molecular weight is 626 g/mol. The molecule has 0 spiro atoms. The van der Waals surface area contributed by atoms with Crippen LogP contribution in [0.15, 0.2) is 48.6 Å². The summed E-state index contributed by atoms with van der Waals surface area (Å²) >= 11 is 5.19. The molecule has 0 aliphatic rings. The summed E-state index contributed by atoms with van der Waals surface area (Å²) in [7, 11) is 0. The average Bonchev–Trinajstić information content (AvgIpc) is 2.95. The van der Waals surface area contributed by atoms with Crippen molar-refractivity contribution in [3.8, 4) is 0 Å². The topological polar surface area (TPSA) is 9.23 Å². The third-order valence-corrected chi connectivity index (χ3v) is 8.32. The molecule has 0 atom stereocenters. The first-order chi connectivity index (χ1) is 19.4. The molecule has 0 fully saturated rings. The van der Waals surface area contributed by atoms with E-state index in [0.717, 1.165) is 30.5 Å². The summed E-state index contributed by atoms with van der Waals surface area (Å²) in [5, 5.41) is 1.16. The van der Waals surface area contributed by atoms with E-state index in [4.69, 9.17) is 4.18 Å². The fourth-order valence-electron chi connectivity index (χ4n) is 4.44. The second kappa shape index (κ2) is 37.8. The lowest BCUT2D eigenvalue weighted by Crippen LogP contribution is -1.90. The Balaban J connectivity index is 3.18.